The van der Waals surface area contributed by atoms with Crippen molar-refractivity contribution in [3.05, 3.63) is 42.1 Å². The molecule has 0 aromatic heterocycles. The third kappa shape index (κ3) is 3.27. The van der Waals surface area contributed by atoms with E-state index in [-0.39, 0.29) is 0 Å². The van der Waals surface area contributed by atoms with Crippen LogP contribution in [0, 0.1) is 0 Å². The molecule has 1 unspecified atom stereocenters. The zero-order valence-electron chi connectivity index (χ0n) is 10.1. The third-order valence-corrected chi connectivity index (χ3v) is 2.53. The van der Waals surface area contributed by atoms with E-state index in [2.05, 4.69) is 12.3 Å². The van der Waals surface area contributed by atoms with E-state index in [1.54, 1.807) is 7.11 Å². The first-order valence-electron chi connectivity index (χ1n) is 5.33. The summed E-state index contributed by atoms with van der Waals surface area (Å²) in [4.78, 5) is 0. The zero-order chi connectivity index (χ0) is 12.0. The van der Waals surface area contributed by atoms with Crippen LogP contribution in [0.5, 0.6) is 5.75 Å². The molecule has 1 atom stereocenters. The van der Waals surface area contributed by atoms with Crippen molar-refractivity contribution in [1.82, 2.24) is 0 Å². The molecule has 0 N–H and O–H groups in total. The van der Waals surface area contributed by atoms with E-state index in [4.69, 9.17) is 9.47 Å². The van der Waals surface area contributed by atoms with Gasteiger partial charge in [-0.2, -0.15) is 0 Å². The number of rotatable bonds is 5. The lowest BCUT2D eigenvalue weighted by molar-refractivity contribution is -0.151. The van der Waals surface area contributed by atoms with Crippen molar-refractivity contribution in [2.24, 2.45) is 0 Å². The molecule has 2 heteroatoms. The van der Waals surface area contributed by atoms with Crippen molar-refractivity contribution in [2.75, 3.05) is 7.11 Å². The summed E-state index contributed by atoms with van der Waals surface area (Å²) in [6, 6.07) is 7.75. The fourth-order valence-electron chi connectivity index (χ4n) is 1.29. The smallest absolute Gasteiger partial charge is 0.207 e. The molecule has 0 spiro atoms. The largest absolute Gasteiger partial charge is 0.463 e. The maximum Gasteiger partial charge on any atom is 0.207 e. The Labute approximate surface area is 97.2 Å². The highest BCUT2D eigenvalue weighted by Gasteiger charge is 2.22. The van der Waals surface area contributed by atoms with Crippen molar-refractivity contribution >= 4 is 6.08 Å². The van der Waals surface area contributed by atoms with E-state index in [0.717, 1.165) is 17.7 Å². The Hall–Kier alpha value is -1.50. The van der Waals surface area contributed by atoms with Crippen LogP contribution in [0.25, 0.3) is 6.08 Å². The first kappa shape index (κ1) is 12.6. The molecule has 0 bridgehead atoms. The normalized spacial score (nSPS) is 13.7. The van der Waals surface area contributed by atoms with Gasteiger partial charge < -0.3 is 9.47 Å². The predicted octanol–water partition coefficient (Wildman–Crippen LogP) is 3.64. The molecule has 0 radical (unpaired) electrons. The molecule has 0 aliphatic carbocycles. The lowest BCUT2D eigenvalue weighted by Crippen LogP contribution is -2.33. The van der Waals surface area contributed by atoms with Gasteiger partial charge in [0.2, 0.25) is 5.79 Å². The van der Waals surface area contributed by atoms with Gasteiger partial charge in [-0.15, -0.1) is 5.73 Å². The lowest BCUT2D eigenvalue weighted by Gasteiger charge is -2.27. The van der Waals surface area contributed by atoms with Crippen molar-refractivity contribution < 1.29 is 9.47 Å². The van der Waals surface area contributed by atoms with Crippen LogP contribution in [0.15, 0.2) is 36.6 Å². The molecule has 0 aliphatic heterocycles. The molecular formula is C14H18O2. The molecule has 86 valence electrons. The average molecular weight is 218 g/mol. The van der Waals surface area contributed by atoms with Crippen molar-refractivity contribution in [3.63, 3.8) is 0 Å². The van der Waals surface area contributed by atoms with Gasteiger partial charge >= 0.3 is 0 Å². The first-order chi connectivity index (χ1) is 7.63. The maximum absolute atomic E-state index is 5.80. The summed E-state index contributed by atoms with van der Waals surface area (Å²) >= 11 is 0. The van der Waals surface area contributed by atoms with E-state index in [1.165, 1.54) is 0 Å². The van der Waals surface area contributed by atoms with Crippen molar-refractivity contribution in [1.29, 1.82) is 0 Å². The number of hydrogen-bond acceptors (Lipinski definition) is 2. The highest BCUT2D eigenvalue weighted by Crippen LogP contribution is 2.23. The Balaban J connectivity index is 2.88. The van der Waals surface area contributed by atoms with Gasteiger partial charge in [-0.1, -0.05) is 25.6 Å². The minimum atomic E-state index is -0.573. The Kier molecular flexibility index (Phi) is 4.36. The molecule has 0 saturated carbocycles. The first-order valence-corrected chi connectivity index (χ1v) is 5.33. The summed E-state index contributed by atoms with van der Waals surface area (Å²) in [5.41, 5.74) is 3.76. The van der Waals surface area contributed by atoms with Crippen LogP contribution in [0.4, 0.5) is 0 Å². The fourth-order valence-corrected chi connectivity index (χ4v) is 1.29. The number of benzene rings is 1. The van der Waals surface area contributed by atoms with E-state index in [1.807, 2.05) is 44.2 Å². The molecule has 1 rings (SSSR count). The van der Waals surface area contributed by atoms with E-state index in [9.17, 15) is 0 Å². The Bertz CT molecular complexity index is 385. The molecule has 0 heterocycles. The lowest BCUT2D eigenvalue weighted by atomic mass is 10.2. The van der Waals surface area contributed by atoms with Crippen LogP contribution in [0.2, 0.25) is 0 Å². The molecule has 1 aromatic carbocycles. The Morgan fingerprint density at radius 1 is 1.50 bits per heavy atom. The molecule has 1 aromatic rings. The fraction of sp³-hybridized carbons (Fsp3) is 0.357. The average Bonchev–Trinajstić information content (AvgIpc) is 2.30. The third-order valence-electron chi connectivity index (χ3n) is 2.53. The van der Waals surface area contributed by atoms with E-state index >= 15 is 0 Å². The summed E-state index contributed by atoms with van der Waals surface area (Å²) < 4.78 is 11.1. The van der Waals surface area contributed by atoms with Gasteiger partial charge in [0.25, 0.3) is 0 Å². The molecule has 0 amide bonds. The topological polar surface area (TPSA) is 18.5 Å². The van der Waals surface area contributed by atoms with Crippen LogP contribution < -0.4 is 4.74 Å². The molecular weight excluding hydrogens is 200 g/mol. The summed E-state index contributed by atoms with van der Waals surface area (Å²) in [6.07, 6.45) is 2.59. The number of methoxy groups -OCH3 is 1. The van der Waals surface area contributed by atoms with Crippen LogP contribution in [-0.4, -0.2) is 12.9 Å². The summed E-state index contributed by atoms with van der Waals surface area (Å²) in [5, 5.41) is 0. The predicted molar refractivity (Wildman–Crippen MR) is 66.4 cm³/mol. The van der Waals surface area contributed by atoms with Gasteiger partial charge in [-0.05, 0) is 23.8 Å². The second-order valence-electron chi connectivity index (χ2n) is 3.71. The minimum absolute atomic E-state index is 0.573. The summed E-state index contributed by atoms with van der Waals surface area (Å²) in [5.74, 6) is 0.214. The van der Waals surface area contributed by atoms with Gasteiger partial charge in [0.05, 0.1) is 0 Å². The van der Waals surface area contributed by atoms with E-state index in [0.29, 0.717) is 0 Å². The molecule has 16 heavy (non-hydrogen) atoms. The monoisotopic (exact) mass is 218 g/mol. The molecule has 0 aliphatic rings. The van der Waals surface area contributed by atoms with Gasteiger partial charge in [0.1, 0.15) is 5.75 Å². The zero-order valence-corrected chi connectivity index (χ0v) is 10.1. The maximum atomic E-state index is 5.80. The highest BCUT2D eigenvalue weighted by molar-refractivity contribution is 5.50. The standard InChI is InChI=1S/C14H18O2/c1-5-8-12-9-7-10-13(11-12)16-14(3,6-2)15-4/h7-11H,1,6H2,2-4H3. The van der Waals surface area contributed by atoms with E-state index < -0.39 is 5.79 Å². The quantitative estimate of drug-likeness (QED) is 0.555. The SMILES string of the molecule is C=C=Cc1cccc(OC(C)(CC)OC)c1. The second kappa shape index (κ2) is 5.55. The number of hydrogen-bond donors (Lipinski definition) is 0. The van der Waals surface area contributed by atoms with Crippen molar-refractivity contribution in [2.45, 2.75) is 26.1 Å². The Morgan fingerprint density at radius 2 is 2.25 bits per heavy atom. The highest BCUT2D eigenvalue weighted by atomic mass is 16.7. The van der Waals surface area contributed by atoms with Crippen LogP contribution in [-0.2, 0) is 4.74 Å². The van der Waals surface area contributed by atoms with Gasteiger partial charge in [0, 0.05) is 20.5 Å². The second-order valence-corrected chi connectivity index (χ2v) is 3.71. The molecule has 2 nitrogen and oxygen atoms in total. The minimum Gasteiger partial charge on any atom is -0.463 e. The van der Waals surface area contributed by atoms with Crippen LogP contribution >= 0.6 is 0 Å². The van der Waals surface area contributed by atoms with Crippen LogP contribution in [0.3, 0.4) is 0 Å². The molecule has 0 fully saturated rings. The van der Waals surface area contributed by atoms with Gasteiger partial charge in [-0.3, -0.25) is 0 Å². The Morgan fingerprint density at radius 3 is 2.81 bits per heavy atom. The number of ether oxygens (including phenoxy) is 2. The van der Waals surface area contributed by atoms with Crippen LogP contribution in [0.1, 0.15) is 25.8 Å². The van der Waals surface area contributed by atoms with Gasteiger partial charge in [-0.25, -0.2) is 0 Å². The summed E-state index contributed by atoms with van der Waals surface area (Å²) in [7, 11) is 1.65. The summed E-state index contributed by atoms with van der Waals surface area (Å²) in [6.45, 7) is 7.49. The van der Waals surface area contributed by atoms with Crippen molar-refractivity contribution in [3.8, 4) is 5.75 Å². The molecule has 0 saturated heterocycles. The van der Waals surface area contributed by atoms with Gasteiger partial charge in [0.15, 0.2) is 0 Å².